The molecule has 3 rings (SSSR count). The average molecular weight is 494 g/mol. The number of hydrogen-bond donors (Lipinski definition) is 0. The third-order valence-corrected chi connectivity index (χ3v) is 5.86. The minimum Gasteiger partial charge on any atom is -0.493 e. The summed E-state index contributed by atoms with van der Waals surface area (Å²) in [7, 11) is 1.64. The van der Waals surface area contributed by atoms with Gasteiger partial charge in [0, 0.05) is 33.5 Å². The summed E-state index contributed by atoms with van der Waals surface area (Å²) in [5.74, 6) is 2.43. The molecule has 0 fully saturated rings. The molecule has 24 heavy (non-hydrogen) atoms. The Bertz CT molecular complexity index is 798. The van der Waals surface area contributed by atoms with Gasteiger partial charge in [-0.25, -0.2) is 0 Å². The van der Waals surface area contributed by atoms with Crippen LogP contribution in [0.4, 0.5) is 0 Å². The standard InChI is InChI=1S/C17H14Cl2INO2S/c1-22-15-7-11(17-21-4-5-24-17)6-14(20)16(15)23-9-10-2-3-12(18)8-13(10)19/h2-3,6-8H,4-5,9H2,1H3. The highest BCUT2D eigenvalue weighted by Crippen LogP contribution is 2.36. The summed E-state index contributed by atoms with van der Waals surface area (Å²) < 4.78 is 12.5. The van der Waals surface area contributed by atoms with Gasteiger partial charge in [0.25, 0.3) is 0 Å². The quantitative estimate of drug-likeness (QED) is 0.502. The topological polar surface area (TPSA) is 30.8 Å². The summed E-state index contributed by atoms with van der Waals surface area (Å²) in [5.41, 5.74) is 1.94. The van der Waals surface area contributed by atoms with E-state index in [0.29, 0.717) is 28.2 Å². The summed E-state index contributed by atoms with van der Waals surface area (Å²) >= 11 is 16.1. The molecule has 3 nitrogen and oxygen atoms in total. The largest absolute Gasteiger partial charge is 0.493 e. The molecule has 0 saturated carbocycles. The van der Waals surface area contributed by atoms with Crippen molar-refractivity contribution in [1.82, 2.24) is 0 Å². The Kier molecular flexibility index (Phi) is 6.18. The Morgan fingerprint density at radius 1 is 1.25 bits per heavy atom. The van der Waals surface area contributed by atoms with E-state index >= 15 is 0 Å². The molecule has 0 bridgehead atoms. The van der Waals surface area contributed by atoms with Crippen LogP contribution in [0.3, 0.4) is 0 Å². The maximum atomic E-state index is 6.20. The molecular weight excluding hydrogens is 480 g/mol. The summed E-state index contributed by atoms with van der Waals surface area (Å²) in [6.07, 6.45) is 0. The van der Waals surface area contributed by atoms with E-state index in [4.69, 9.17) is 32.7 Å². The fraction of sp³-hybridized carbons (Fsp3) is 0.235. The fourth-order valence-electron chi connectivity index (χ4n) is 2.28. The number of thioether (sulfide) groups is 1. The summed E-state index contributed by atoms with van der Waals surface area (Å²) in [4.78, 5) is 4.52. The third-order valence-electron chi connectivity index (χ3n) is 3.45. The van der Waals surface area contributed by atoms with Gasteiger partial charge >= 0.3 is 0 Å². The zero-order valence-electron chi connectivity index (χ0n) is 12.8. The predicted molar refractivity (Wildman–Crippen MR) is 110 cm³/mol. The van der Waals surface area contributed by atoms with Gasteiger partial charge in [0.1, 0.15) is 6.61 Å². The second kappa shape index (κ2) is 8.17. The monoisotopic (exact) mass is 493 g/mol. The van der Waals surface area contributed by atoms with E-state index in [-0.39, 0.29) is 0 Å². The summed E-state index contributed by atoms with van der Waals surface area (Å²) in [6.45, 7) is 1.21. The van der Waals surface area contributed by atoms with Gasteiger partial charge in [0.2, 0.25) is 0 Å². The molecule has 0 amide bonds. The second-order valence-corrected chi connectivity index (χ2v) is 8.14. The van der Waals surface area contributed by atoms with Crippen LogP contribution in [0.1, 0.15) is 11.1 Å². The van der Waals surface area contributed by atoms with Crippen LogP contribution in [0.2, 0.25) is 10.0 Å². The highest BCUT2D eigenvalue weighted by molar-refractivity contribution is 14.1. The van der Waals surface area contributed by atoms with Crippen molar-refractivity contribution in [1.29, 1.82) is 0 Å². The van der Waals surface area contributed by atoms with Crippen LogP contribution in [-0.4, -0.2) is 24.5 Å². The zero-order valence-corrected chi connectivity index (χ0v) is 17.3. The lowest BCUT2D eigenvalue weighted by Gasteiger charge is -2.15. The van der Waals surface area contributed by atoms with Crippen molar-refractivity contribution < 1.29 is 9.47 Å². The van der Waals surface area contributed by atoms with Gasteiger partial charge in [-0.3, -0.25) is 4.99 Å². The number of ether oxygens (including phenoxy) is 2. The van der Waals surface area contributed by atoms with Crippen molar-refractivity contribution in [3.05, 3.63) is 55.1 Å². The van der Waals surface area contributed by atoms with Gasteiger partial charge < -0.3 is 9.47 Å². The molecule has 2 aromatic carbocycles. The zero-order chi connectivity index (χ0) is 17.1. The van der Waals surface area contributed by atoms with E-state index in [1.54, 1.807) is 31.0 Å². The number of aliphatic imine (C=N–C) groups is 1. The molecular formula is C17H14Cl2INO2S. The molecule has 7 heteroatoms. The van der Waals surface area contributed by atoms with Crippen molar-refractivity contribution in [3.63, 3.8) is 0 Å². The van der Waals surface area contributed by atoms with E-state index in [0.717, 1.165) is 32.0 Å². The molecule has 1 aliphatic rings. The first kappa shape index (κ1) is 18.2. The minimum absolute atomic E-state index is 0.345. The smallest absolute Gasteiger partial charge is 0.174 e. The first-order valence-electron chi connectivity index (χ1n) is 7.20. The second-order valence-electron chi connectivity index (χ2n) is 5.05. The van der Waals surface area contributed by atoms with Crippen molar-refractivity contribution in [2.45, 2.75) is 6.61 Å². The molecule has 1 aliphatic heterocycles. The SMILES string of the molecule is COc1cc(C2=NCCS2)cc(I)c1OCc1ccc(Cl)cc1Cl. The fourth-order valence-corrected chi connectivity index (χ4v) is 4.34. The minimum atomic E-state index is 0.345. The molecule has 0 spiro atoms. The number of rotatable bonds is 5. The van der Waals surface area contributed by atoms with E-state index < -0.39 is 0 Å². The Hall–Kier alpha value is -0.630. The highest BCUT2D eigenvalue weighted by Gasteiger charge is 2.17. The van der Waals surface area contributed by atoms with E-state index in [2.05, 4.69) is 33.6 Å². The normalized spacial score (nSPS) is 13.8. The first-order valence-corrected chi connectivity index (χ1v) is 10.0. The van der Waals surface area contributed by atoms with Crippen LogP contribution in [0.15, 0.2) is 35.3 Å². The lowest BCUT2D eigenvalue weighted by molar-refractivity contribution is 0.282. The molecule has 0 N–H and O–H groups in total. The lowest BCUT2D eigenvalue weighted by atomic mass is 10.2. The van der Waals surface area contributed by atoms with Gasteiger partial charge in [0.15, 0.2) is 11.5 Å². The molecule has 1 heterocycles. The first-order chi connectivity index (χ1) is 11.6. The highest BCUT2D eigenvalue weighted by atomic mass is 127. The molecule has 0 aliphatic carbocycles. The summed E-state index contributed by atoms with van der Waals surface area (Å²) in [5, 5.41) is 2.25. The van der Waals surface area contributed by atoms with Crippen LogP contribution >= 0.6 is 57.6 Å². The van der Waals surface area contributed by atoms with Gasteiger partial charge in [-0.1, -0.05) is 29.3 Å². The van der Waals surface area contributed by atoms with E-state index in [1.165, 1.54) is 0 Å². The van der Waals surface area contributed by atoms with Crippen molar-refractivity contribution in [3.8, 4) is 11.5 Å². The Morgan fingerprint density at radius 3 is 2.75 bits per heavy atom. The molecule has 0 saturated heterocycles. The van der Waals surface area contributed by atoms with Crippen molar-refractivity contribution in [2.24, 2.45) is 4.99 Å². The molecule has 0 unspecified atom stereocenters. The van der Waals surface area contributed by atoms with Crippen LogP contribution in [0.25, 0.3) is 0 Å². The van der Waals surface area contributed by atoms with Gasteiger partial charge in [-0.05, 0) is 46.9 Å². The number of hydrogen-bond acceptors (Lipinski definition) is 4. The van der Waals surface area contributed by atoms with E-state index in [1.807, 2.05) is 12.1 Å². The van der Waals surface area contributed by atoms with Gasteiger partial charge in [-0.2, -0.15) is 0 Å². The van der Waals surface area contributed by atoms with Gasteiger partial charge in [-0.15, -0.1) is 11.8 Å². The Morgan fingerprint density at radius 2 is 2.08 bits per heavy atom. The maximum Gasteiger partial charge on any atom is 0.174 e. The number of benzene rings is 2. The third kappa shape index (κ3) is 4.12. The number of halogens is 3. The molecule has 126 valence electrons. The van der Waals surface area contributed by atoms with Crippen LogP contribution < -0.4 is 9.47 Å². The van der Waals surface area contributed by atoms with Crippen LogP contribution in [0.5, 0.6) is 11.5 Å². The predicted octanol–water partition coefficient (Wildman–Crippen LogP) is 5.68. The van der Waals surface area contributed by atoms with Crippen molar-refractivity contribution >= 4 is 62.6 Å². The molecule has 0 aromatic heterocycles. The lowest BCUT2D eigenvalue weighted by Crippen LogP contribution is -2.02. The van der Waals surface area contributed by atoms with E-state index in [9.17, 15) is 0 Å². The van der Waals surface area contributed by atoms with Crippen LogP contribution in [-0.2, 0) is 6.61 Å². The molecule has 0 radical (unpaired) electrons. The maximum absolute atomic E-state index is 6.20. The van der Waals surface area contributed by atoms with Crippen molar-refractivity contribution in [2.75, 3.05) is 19.4 Å². The Labute approximate surface area is 168 Å². The average Bonchev–Trinajstić information content (AvgIpc) is 3.09. The summed E-state index contributed by atoms with van der Waals surface area (Å²) in [6, 6.07) is 9.41. The molecule has 2 aromatic rings. The number of nitrogens with zero attached hydrogens (tertiary/aromatic N) is 1. The van der Waals surface area contributed by atoms with Gasteiger partial charge in [0.05, 0.1) is 15.7 Å². The Balaban J connectivity index is 1.84. The number of methoxy groups -OCH3 is 1. The molecule has 0 atom stereocenters. The van der Waals surface area contributed by atoms with Crippen LogP contribution in [0, 0.1) is 3.57 Å².